The molecule has 1 aliphatic rings. The Labute approximate surface area is 179 Å². The van der Waals surface area contributed by atoms with Crippen molar-refractivity contribution in [1.29, 1.82) is 0 Å². The predicted molar refractivity (Wildman–Crippen MR) is 112 cm³/mol. The first-order valence-corrected chi connectivity index (χ1v) is 10.2. The molecule has 160 valence electrons. The molecule has 1 fully saturated rings. The minimum atomic E-state index is -0.802. The number of nitrogen functional groups attached to an aromatic ring is 1. The van der Waals surface area contributed by atoms with Crippen LogP contribution in [0.3, 0.4) is 0 Å². The summed E-state index contributed by atoms with van der Waals surface area (Å²) in [7, 11) is 0. The second-order valence-corrected chi connectivity index (χ2v) is 7.72. The van der Waals surface area contributed by atoms with Gasteiger partial charge in [-0.25, -0.2) is 15.0 Å². The molecule has 0 bridgehead atoms. The van der Waals surface area contributed by atoms with E-state index < -0.39 is 18.4 Å². The molecule has 1 saturated heterocycles. The standard InChI is InChI=1S/C18H18N8O4S/c19-16-15-17(26(8-21-15)14-5-11(28)13(6-27)30-14)23-18(22-16)31-7-12(29)9-1-3-10(4-2-9)24-25-20/h1-4,8,11,13-14,27-28H,5-7H2,(H2,19,22,23)/t11?,13-,14-/m1/s1. The molecule has 0 radical (unpaired) electrons. The lowest BCUT2D eigenvalue weighted by atomic mass is 10.1. The molecule has 2 aromatic heterocycles. The quantitative estimate of drug-likeness (QED) is 0.123. The maximum absolute atomic E-state index is 12.5. The molecule has 0 aliphatic carbocycles. The maximum Gasteiger partial charge on any atom is 0.192 e. The highest BCUT2D eigenvalue weighted by molar-refractivity contribution is 7.99. The van der Waals surface area contributed by atoms with Gasteiger partial charge in [0.1, 0.15) is 17.8 Å². The number of benzene rings is 1. The number of Topliss-reactive ketones (excluding diaryl/α,β-unsaturated/α-hetero) is 1. The average molecular weight is 442 g/mol. The number of thioether (sulfide) groups is 1. The Balaban J connectivity index is 1.52. The summed E-state index contributed by atoms with van der Waals surface area (Å²) in [6, 6.07) is 6.29. The van der Waals surface area contributed by atoms with Crippen molar-refractivity contribution in [3.8, 4) is 0 Å². The monoisotopic (exact) mass is 442 g/mol. The van der Waals surface area contributed by atoms with E-state index in [0.29, 0.717) is 27.6 Å². The second-order valence-electron chi connectivity index (χ2n) is 6.78. The van der Waals surface area contributed by atoms with Crippen molar-refractivity contribution in [2.75, 3.05) is 18.1 Å². The van der Waals surface area contributed by atoms with Gasteiger partial charge in [0, 0.05) is 22.6 Å². The Morgan fingerprint density at radius 3 is 2.84 bits per heavy atom. The third-order valence-electron chi connectivity index (χ3n) is 4.80. The van der Waals surface area contributed by atoms with Gasteiger partial charge < -0.3 is 20.7 Å². The molecule has 31 heavy (non-hydrogen) atoms. The lowest BCUT2D eigenvalue weighted by Gasteiger charge is -2.14. The van der Waals surface area contributed by atoms with Gasteiger partial charge in [-0.15, -0.1) is 0 Å². The van der Waals surface area contributed by atoms with Crippen LogP contribution in [0, 0.1) is 0 Å². The molecule has 0 amide bonds. The number of carbonyl (C=O) groups is 1. The minimum Gasteiger partial charge on any atom is -0.394 e. The number of azide groups is 1. The van der Waals surface area contributed by atoms with Gasteiger partial charge in [0.25, 0.3) is 0 Å². The van der Waals surface area contributed by atoms with Crippen molar-refractivity contribution in [3.63, 3.8) is 0 Å². The summed E-state index contributed by atoms with van der Waals surface area (Å²) in [6.07, 6.45) is -0.271. The topological polar surface area (TPSA) is 185 Å². The molecular weight excluding hydrogens is 424 g/mol. The summed E-state index contributed by atoms with van der Waals surface area (Å²) in [6.45, 7) is -0.297. The van der Waals surface area contributed by atoms with E-state index in [1.54, 1.807) is 28.8 Å². The highest BCUT2D eigenvalue weighted by atomic mass is 32.2. The van der Waals surface area contributed by atoms with Crippen molar-refractivity contribution >= 4 is 40.2 Å². The Bertz CT molecular complexity index is 1160. The lowest BCUT2D eigenvalue weighted by molar-refractivity contribution is -0.0432. The first kappa shape index (κ1) is 21.0. The summed E-state index contributed by atoms with van der Waals surface area (Å²) in [5, 5.41) is 23.1. The van der Waals surface area contributed by atoms with E-state index in [1.807, 2.05) is 0 Å². The van der Waals surface area contributed by atoms with Crippen LogP contribution in [0.2, 0.25) is 0 Å². The van der Waals surface area contributed by atoms with Crippen molar-refractivity contribution < 1.29 is 19.7 Å². The van der Waals surface area contributed by atoms with Gasteiger partial charge in [-0.3, -0.25) is 9.36 Å². The summed E-state index contributed by atoms with van der Waals surface area (Å²) < 4.78 is 7.30. The number of carbonyl (C=O) groups excluding carboxylic acids is 1. The third kappa shape index (κ3) is 4.31. The van der Waals surface area contributed by atoms with Crippen molar-refractivity contribution in [2.45, 2.75) is 30.0 Å². The van der Waals surface area contributed by atoms with E-state index in [-0.39, 0.29) is 30.4 Å². The Morgan fingerprint density at radius 1 is 1.39 bits per heavy atom. The van der Waals surface area contributed by atoms with E-state index in [0.717, 1.165) is 11.8 Å². The number of aliphatic hydroxyl groups excluding tert-OH is 2. The Kier molecular flexibility index (Phi) is 6.02. The zero-order valence-corrected chi connectivity index (χ0v) is 16.9. The van der Waals surface area contributed by atoms with Gasteiger partial charge in [0.15, 0.2) is 22.4 Å². The maximum atomic E-state index is 12.5. The summed E-state index contributed by atoms with van der Waals surface area (Å²) in [5.41, 5.74) is 16.1. The summed E-state index contributed by atoms with van der Waals surface area (Å²) in [4.78, 5) is 28.1. The molecule has 1 aromatic carbocycles. The Hall–Kier alpha value is -3.22. The van der Waals surface area contributed by atoms with Crippen molar-refractivity contribution in [3.05, 3.63) is 46.6 Å². The number of ketones is 1. The molecule has 13 heteroatoms. The molecule has 4 N–H and O–H groups in total. The van der Waals surface area contributed by atoms with Crippen LogP contribution < -0.4 is 5.73 Å². The molecule has 3 aromatic rings. The number of ether oxygens (including phenoxy) is 1. The normalized spacial score (nSPS) is 20.6. The van der Waals surface area contributed by atoms with Crippen molar-refractivity contribution in [1.82, 2.24) is 19.5 Å². The highest BCUT2D eigenvalue weighted by Crippen LogP contribution is 2.32. The van der Waals surface area contributed by atoms with Crippen LogP contribution in [0.5, 0.6) is 0 Å². The number of hydrogen-bond donors (Lipinski definition) is 3. The molecule has 0 saturated carbocycles. The third-order valence-corrected chi connectivity index (χ3v) is 5.65. The van der Waals surface area contributed by atoms with Gasteiger partial charge >= 0.3 is 0 Å². The first-order valence-electron chi connectivity index (χ1n) is 9.25. The van der Waals surface area contributed by atoms with Crippen LogP contribution >= 0.6 is 11.8 Å². The van der Waals surface area contributed by atoms with Crippen LogP contribution in [-0.4, -0.2) is 60.1 Å². The fraction of sp³-hybridized carbons (Fsp3) is 0.333. The van der Waals surface area contributed by atoms with E-state index in [2.05, 4.69) is 25.0 Å². The van der Waals surface area contributed by atoms with E-state index in [1.165, 1.54) is 6.33 Å². The molecule has 1 unspecified atom stereocenters. The molecule has 3 heterocycles. The van der Waals surface area contributed by atoms with Gasteiger partial charge in [-0.2, -0.15) is 0 Å². The van der Waals surface area contributed by atoms with E-state index >= 15 is 0 Å². The fourth-order valence-electron chi connectivity index (χ4n) is 3.22. The van der Waals surface area contributed by atoms with E-state index in [4.69, 9.17) is 16.0 Å². The van der Waals surface area contributed by atoms with Gasteiger partial charge in [0.2, 0.25) is 0 Å². The zero-order chi connectivity index (χ0) is 22.0. The van der Waals surface area contributed by atoms with Crippen LogP contribution in [0.25, 0.3) is 21.6 Å². The number of rotatable bonds is 7. The molecular formula is C18H18N8O4S. The fourth-order valence-corrected chi connectivity index (χ4v) is 3.96. The van der Waals surface area contributed by atoms with Crippen LogP contribution in [0.4, 0.5) is 11.5 Å². The van der Waals surface area contributed by atoms with Crippen molar-refractivity contribution in [2.24, 2.45) is 5.11 Å². The molecule has 12 nitrogen and oxygen atoms in total. The number of nitrogens with zero attached hydrogens (tertiary/aromatic N) is 7. The number of anilines is 1. The second kappa shape index (κ2) is 8.88. The predicted octanol–water partition coefficient (Wildman–Crippen LogP) is 1.97. The highest BCUT2D eigenvalue weighted by Gasteiger charge is 2.35. The number of aliphatic hydroxyl groups is 2. The number of fused-ring (bicyclic) bond motifs is 1. The number of imidazole rings is 1. The van der Waals surface area contributed by atoms with Gasteiger partial charge in [-0.1, -0.05) is 41.1 Å². The molecule has 3 atom stereocenters. The minimum absolute atomic E-state index is 0.0746. The first-order chi connectivity index (χ1) is 15.0. The van der Waals surface area contributed by atoms with Gasteiger partial charge in [0.05, 0.1) is 24.8 Å². The average Bonchev–Trinajstić information content (AvgIpc) is 3.36. The molecule has 0 spiro atoms. The molecule has 4 rings (SSSR count). The van der Waals surface area contributed by atoms with Crippen LogP contribution in [0.15, 0.2) is 40.9 Å². The SMILES string of the molecule is [N-]=[N+]=Nc1ccc(C(=O)CSc2nc(N)c3ncn([C@H]4CC(O)[C@@H](CO)O4)c3n2)cc1. The van der Waals surface area contributed by atoms with Crippen LogP contribution in [0.1, 0.15) is 23.0 Å². The van der Waals surface area contributed by atoms with E-state index in [9.17, 15) is 15.0 Å². The zero-order valence-electron chi connectivity index (χ0n) is 16.1. The smallest absolute Gasteiger partial charge is 0.192 e. The summed E-state index contributed by atoms with van der Waals surface area (Å²) >= 11 is 1.12. The lowest BCUT2D eigenvalue weighted by Crippen LogP contribution is -2.24. The largest absolute Gasteiger partial charge is 0.394 e. The number of hydrogen-bond acceptors (Lipinski definition) is 10. The number of aromatic nitrogens is 4. The molecule has 1 aliphatic heterocycles. The summed E-state index contributed by atoms with van der Waals surface area (Å²) in [5.74, 6) is 0.0847. The van der Waals surface area contributed by atoms with Crippen LogP contribution in [-0.2, 0) is 4.74 Å². The van der Waals surface area contributed by atoms with Gasteiger partial charge in [-0.05, 0) is 5.53 Å². The Morgan fingerprint density at radius 2 is 2.16 bits per heavy atom. The number of nitrogens with two attached hydrogens (primary N) is 1.